The molecular weight excluding hydrogens is 240 g/mol. The Kier molecular flexibility index (Phi) is 2.97. The first-order valence-corrected chi connectivity index (χ1v) is 6.15. The van der Waals surface area contributed by atoms with Gasteiger partial charge in [-0.05, 0) is 19.1 Å². The minimum Gasteiger partial charge on any atom is -0.387 e. The van der Waals surface area contributed by atoms with Gasteiger partial charge in [-0.2, -0.15) is 0 Å². The molecular formula is C14H14N4O. The molecule has 2 aromatic heterocycles. The van der Waals surface area contributed by atoms with Gasteiger partial charge in [0, 0.05) is 5.39 Å². The van der Waals surface area contributed by atoms with Crippen molar-refractivity contribution in [2.24, 2.45) is 0 Å². The maximum Gasteiger partial charge on any atom is 0.111 e. The van der Waals surface area contributed by atoms with Crippen LogP contribution in [0.3, 0.4) is 0 Å². The molecule has 0 saturated carbocycles. The smallest absolute Gasteiger partial charge is 0.111 e. The Morgan fingerprint density at radius 1 is 1.21 bits per heavy atom. The summed E-state index contributed by atoms with van der Waals surface area (Å²) in [5.41, 5.74) is 2.46. The summed E-state index contributed by atoms with van der Waals surface area (Å²) in [5.74, 6) is 0. The summed E-state index contributed by atoms with van der Waals surface area (Å²) in [5, 5.41) is 18.4. The van der Waals surface area contributed by atoms with E-state index in [-0.39, 0.29) is 0 Å². The number of para-hydroxylation sites is 1. The number of rotatable bonds is 3. The van der Waals surface area contributed by atoms with Crippen LogP contribution in [0.2, 0.25) is 0 Å². The van der Waals surface area contributed by atoms with Crippen LogP contribution >= 0.6 is 0 Å². The SMILES string of the molecule is CC(O)c1cn(Cc2ccc3ccccc3n2)nn1. The van der Waals surface area contributed by atoms with Crippen LogP contribution in [0.1, 0.15) is 24.4 Å². The van der Waals surface area contributed by atoms with Gasteiger partial charge in [0.15, 0.2) is 0 Å². The van der Waals surface area contributed by atoms with Crippen LogP contribution in [0.4, 0.5) is 0 Å². The van der Waals surface area contributed by atoms with Crippen molar-refractivity contribution in [3.05, 3.63) is 54.0 Å². The van der Waals surface area contributed by atoms with Gasteiger partial charge in [-0.3, -0.25) is 4.98 Å². The van der Waals surface area contributed by atoms with Gasteiger partial charge in [0.2, 0.25) is 0 Å². The topological polar surface area (TPSA) is 63.8 Å². The minimum absolute atomic E-state index is 0.546. The van der Waals surface area contributed by atoms with Crippen molar-refractivity contribution in [3.8, 4) is 0 Å². The fourth-order valence-corrected chi connectivity index (χ4v) is 1.94. The Morgan fingerprint density at radius 2 is 2.05 bits per heavy atom. The number of fused-ring (bicyclic) bond motifs is 1. The average Bonchev–Trinajstić information content (AvgIpc) is 2.87. The minimum atomic E-state index is -0.599. The maximum absolute atomic E-state index is 9.41. The Bertz CT molecular complexity index is 705. The van der Waals surface area contributed by atoms with Crippen LogP contribution in [0.15, 0.2) is 42.6 Å². The van der Waals surface area contributed by atoms with Gasteiger partial charge in [0.25, 0.3) is 0 Å². The molecule has 5 heteroatoms. The van der Waals surface area contributed by atoms with Crippen molar-refractivity contribution < 1.29 is 5.11 Å². The van der Waals surface area contributed by atoms with Crippen molar-refractivity contribution in [2.45, 2.75) is 19.6 Å². The molecule has 0 fully saturated rings. The number of aliphatic hydroxyl groups excluding tert-OH is 1. The molecule has 0 spiro atoms. The first-order chi connectivity index (χ1) is 9.22. The molecule has 1 aromatic carbocycles. The summed E-state index contributed by atoms with van der Waals surface area (Å²) in [7, 11) is 0. The zero-order chi connectivity index (χ0) is 13.2. The standard InChI is InChI=1S/C14H14N4O/c1-10(19)14-9-18(17-16-14)8-12-7-6-11-4-2-3-5-13(11)15-12/h2-7,9-10,19H,8H2,1H3. The molecule has 0 bridgehead atoms. The number of aromatic nitrogens is 4. The summed E-state index contributed by atoms with van der Waals surface area (Å²) >= 11 is 0. The largest absolute Gasteiger partial charge is 0.387 e. The van der Waals surface area contributed by atoms with E-state index in [4.69, 9.17) is 0 Å². The highest BCUT2D eigenvalue weighted by Gasteiger charge is 2.07. The summed E-state index contributed by atoms with van der Waals surface area (Å²) in [6.07, 6.45) is 1.14. The summed E-state index contributed by atoms with van der Waals surface area (Å²) in [6.45, 7) is 2.22. The molecule has 0 aliphatic carbocycles. The van der Waals surface area contributed by atoms with E-state index in [1.54, 1.807) is 17.8 Å². The molecule has 3 aromatic rings. The maximum atomic E-state index is 9.41. The van der Waals surface area contributed by atoms with Gasteiger partial charge in [0.1, 0.15) is 5.69 Å². The van der Waals surface area contributed by atoms with Crippen LogP contribution in [0, 0.1) is 0 Å². The Balaban J connectivity index is 1.87. The van der Waals surface area contributed by atoms with Crippen LogP contribution in [-0.4, -0.2) is 25.1 Å². The van der Waals surface area contributed by atoms with Crippen molar-refractivity contribution >= 4 is 10.9 Å². The fourth-order valence-electron chi connectivity index (χ4n) is 1.94. The summed E-state index contributed by atoms with van der Waals surface area (Å²) in [6, 6.07) is 12.0. The second-order valence-corrected chi connectivity index (χ2v) is 4.51. The zero-order valence-corrected chi connectivity index (χ0v) is 10.6. The predicted molar refractivity (Wildman–Crippen MR) is 71.5 cm³/mol. The summed E-state index contributed by atoms with van der Waals surface area (Å²) in [4.78, 5) is 4.57. The normalized spacial score (nSPS) is 12.7. The highest BCUT2D eigenvalue weighted by atomic mass is 16.3. The van der Waals surface area contributed by atoms with Crippen molar-refractivity contribution in [3.63, 3.8) is 0 Å². The van der Waals surface area contributed by atoms with Crippen LogP contribution in [0.25, 0.3) is 10.9 Å². The molecule has 5 nitrogen and oxygen atoms in total. The molecule has 0 amide bonds. The third kappa shape index (κ3) is 2.46. The highest BCUT2D eigenvalue weighted by molar-refractivity contribution is 5.78. The molecule has 0 saturated heterocycles. The van der Waals surface area contributed by atoms with E-state index in [9.17, 15) is 5.11 Å². The van der Waals surface area contributed by atoms with Crippen LogP contribution in [-0.2, 0) is 6.54 Å². The molecule has 3 rings (SSSR count). The second-order valence-electron chi connectivity index (χ2n) is 4.51. The van der Waals surface area contributed by atoms with Gasteiger partial charge in [-0.15, -0.1) is 5.10 Å². The third-order valence-corrected chi connectivity index (χ3v) is 2.96. The number of pyridine rings is 1. The lowest BCUT2D eigenvalue weighted by Crippen LogP contribution is -2.02. The number of hydrogen-bond acceptors (Lipinski definition) is 4. The number of benzene rings is 1. The van der Waals surface area contributed by atoms with Crippen LogP contribution < -0.4 is 0 Å². The monoisotopic (exact) mass is 254 g/mol. The lowest BCUT2D eigenvalue weighted by molar-refractivity contribution is 0.194. The molecule has 1 unspecified atom stereocenters. The van der Waals surface area contributed by atoms with E-state index in [2.05, 4.69) is 15.3 Å². The summed E-state index contributed by atoms with van der Waals surface area (Å²) < 4.78 is 1.68. The fraction of sp³-hybridized carbons (Fsp3) is 0.214. The molecule has 0 radical (unpaired) electrons. The molecule has 0 aliphatic heterocycles. The van der Waals surface area contributed by atoms with Gasteiger partial charge in [-0.25, -0.2) is 4.68 Å². The van der Waals surface area contributed by atoms with Crippen LogP contribution in [0.5, 0.6) is 0 Å². The predicted octanol–water partition coefficient (Wildman–Crippen LogP) is 1.93. The van der Waals surface area contributed by atoms with E-state index in [1.165, 1.54) is 0 Å². The average molecular weight is 254 g/mol. The quantitative estimate of drug-likeness (QED) is 0.775. The molecule has 0 aliphatic rings. The van der Waals surface area contributed by atoms with Crippen molar-refractivity contribution in [1.29, 1.82) is 0 Å². The first kappa shape index (κ1) is 11.8. The van der Waals surface area contributed by atoms with Gasteiger partial charge >= 0.3 is 0 Å². The Hall–Kier alpha value is -2.27. The Labute approximate surface area is 110 Å². The van der Waals surface area contributed by atoms with Crippen molar-refractivity contribution in [2.75, 3.05) is 0 Å². The van der Waals surface area contributed by atoms with E-state index in [1.807, 2.05) is 36.4 Å². The molecule has 2 heterocycles. The van der Waals surface area contributed by atoms with E-state index >= 15 is 0 Å². The first-order valence-electron chi connectivity index (χ1n) is 6.15. The van der Waals surface area contributed by atoms with Gasteiger partial charge < -0.3 is 5.11 Å². The van der Waals surface area contributed by atoms with Gasteiger partial charge in [-0.1, -0.05) is 29.5 Å². The van der Waals surface area contributed by atoms with Crippen molar-refractivity contribution in [1.82, 2.24) is 20.0 Å². The molecule has 1 atom stereocenters. The van der Waals surface area contributed by atoms with Gasteiger partial charge in [0.05, 0.1) is 30.1 Å². The van der Waals surface area contributed by atoms with E-state index in [0.29, 0.717) is 12.2 Å². The number of hydrogen-bond donors (Lipinski definition) is 1. The molecule has 19 heavy (non-hydrogen) atoms. The van der Waals surface area contributed by atoms with E-state index in [0.717, 1.165) is 16.6 Å². The van der Waals surface area contributed by atoms with E-state index < -0.39 is 6.10 Å². The third-order valence-electron chi connectivity index (χ3n) is 2.96. The molecule has 96 valence electrons. The Morgan fingerprint density at radius 3 is 2.84 bits per heavy atom. The lowest BCUT2D eigenvalue weighted by Gasteiger charge is -2.02. The molecule has 1 N–H and O–H groups in total. The zero-order valence-electron chi connectivity index (χ0n) is 10.6. The lowest BCUT2D eigenvalue weighted by atomic mass is 10.2. The second kappa shape index (κ2) is 4.78. The number of nitrogens with zero attached hydrogens (tertiary/aromatic N) is 4. The highest BCUT2D eigenvalue weighted by Crippen LogP contribution is 2.13. The number of aliphatic hydroxyl groups is 1.